The number of aromatic nitrogens is 2. The second-order valence-electron chi connectivity index (χ2n) is 8.05. The van der Waals surface area contributed by atoms with Crippen molar-refractivity contribution in [1.29, 1.82) is 0 Å². The van der Waals surface area contributed by atoms with E-state index < -0.39 is 59.2 Å². The number of hydrogen-bond acceptors (Lipinski definition) is 6. The zero-order chi connectivity index (χ0) is 26.3. The molecule has 1 saturated heterocycles. The molecule has 3 N–H and O–H groups in total. The molecular weight excluding hydrogens is 486 g/mol. The lowest BCUT2D eigenvalue weighted by Crippen LogP contribution is -2.47. The monoisotopic (exact) mass is 506 g/mol. The van der Waals surface area contributed by atoms with E-state index in [4.69, 9.17) is 15.2 Å². The van der Waals surface area contributed by atoms with Gasteiger partial charge in [0.2, 0.25) is 0 Å². The second kappa shape index (κ2) is 8.98. The van der Waals surface area contributed by atoms with Crippen molar-refractivity contribution >= 4 is 17.5 Å². The van der Waals surface area contributed by atoms with E-state index in [2.05, 4.69) is 15.3 Å². The Hall–Kier alpha value is -3.42. The van der Waals surface area contributed by atoms with E-state index in [1.807, 2.05) is 0 Å². The second-order valence-corrected chi connectivity index (χ2v) is 8.05. The van der Waals surface area contributed by atoms with Crippen LogP contribution in [0.4, 0.5) is 32.0 Å². The van der Waals surface area contributed by atoms with Crippen LogP contribution in [0.5, 0.6) is 5.75 Å². The van der Waals surface area contributed by atoms with Crippen molar-refractivity contribution < 1.29 is 45.4 Å². The molecule has 1 fully saturated rings. The average molecular weight is 506 g/mol. The van der Waals surface area contributed by atoms with E-state index in [1.165, 1.54) is 13.0 Å². The van der Waals surface area contributed by atoms with Crippen molar-refractivity contribution in [3.63, 3.8) is 0 Å². The van der Waals surface area contributed by atoms with E-state index in [0.29, 0.717) is 6.07 Å². The zero-order valence-electron chi connectivity index (χ0n) is 18.5. The normalized spacial score (nSPS) is 24.8. The lowest BCUT2D eigenvalue weighted by Gasteiger charge is -2.31. The van der Waals surface area contributed by atoms with Crippen LogP contribution in [0.3, 0.4) is 0 Å². The SMILES string of the molecule is COc1cc(C(F)(F)F)ncc1[C@@H]1[C@H](C(=O)Nc2ccnc(C(N)=O)c2)O[C@@](C)(C(F)(F)F)[C@H]1C. The molecule has 4 atom stereocenters. The van der Waals surface area contributed by atoms with Gasteiger partial charge in [0, 0.05) is 41.5 Å². The number of halogens is 6. The first kappa shape index (κ1) is 26.2. The summed E-state index contributed by atoms with van der Waals surface area (Å²) in [4.78, 5) is 31.4. The molecule has 3 rings (SSSR count). The Morgan fingerprint density at radius 1 is 1.17 bits per heavy atom. The first-order valence-corrected chi connectivity index (χ1v) is 10.0. The van der Waals surface area contributed by atoms with Gasteiger partial charge in [0.25, 0.3) is 11.8 Å². The minimum atomic E-state index is -4.93. The molecule has 0 unspecified atom stereocenters. The van der Waals surface area contributed by atoms with Crippen LogP contribution in [0.15, 0.2) is 30.6 Å². The van der Waals surface area contributed by atoms with Gasteiger partial charge in [0.05, 0.1) is 7.11 Å². The molecule has 0 saturated carbocycles. The predicted molar refractivity (Wildman–Crippen MR) is 108 cm³/mol. The van der Waals surface area contributed by atoms with Crippen molar-refractivity contribution in [2.24, 2.45) is 11.7 Å². The first-order chi connectivity index (χ1) is 16.1. The summed E-state index contributed by atoms with van der Waals surface area (Å²) in [6.45, 7) is 1.92. The zero-order valence-corrected chi connectivity index (χ0v) is 18.5. The fourth-order valence-electron chi connectivity index (χ4n) is 3.91. The molecule has 2 aromatic heterocycles. The van der Waals surface area contributed by atoms with Crippen LogP contribution in [-0.4, -0.2) is 46.8 Å². The molecule has 1 aliphatic heterocycles. The minimum absolute atomic E-state index is 0.00748. The summed E-state index contributed by atoms with van der Waals surface area (Å²) in [5.74, 6) is -5.20. The highest BCUT2D eigenvalue weighted by Gasteiger charge is 2.66. The molecule has 0 bridgehead atoms. The first-order valence-electron chi connectivity index (χ1n) is 10.0. The molecule has 1 aliphatic rings. The van der Waals surface area contributed by atoms with Gasteiger partial charge in [-0.25, -0.2) is 0 Å². The molecule has 0 aliphatic carbocycles. The van der Waals surface area contributed by atoms with Gasteiger partial charge in [-0.05, 0) is 19.1 Å². The number of primary amides is 1. The molecule has 2 aromatic rings. The lowest BCUT2D eigenvalue weighted by atomic mass is 9.77. The summed E-state index contributed by atoms with van der Waals surface area (Å²) < 4.78 is 91.5. The van der Waals surface area contributed by atoms with Crippen molar-refractivity contribution in [3.05, 3.63) is 47.5 Å². The number of alkyl halides is 6. The van der Waals surface area contributed by atoms with E-state index in [-0.39, 0.29) is 16.9 Å². The fourth-order valence-corrected chi connectivity index (χ4v) is 3.91. The number of nitrogens with zero attached hydrogens (tertiary/aromatic N) is 2. The molecule has 0 radical (unpaired) electrons. The molecular formula is C21H20F6N4O4. The Morgan fingerprint density at radius 2 is 1.83 bits per heavy atom. The Balaban J connectivity index is 2.07. The van der Waals surface area contributed by atoms with Crippen LogP contribution in [0.1, 0.15) is 41.5 Å². The molecule has 14 heteroatoms. The summed E-state index contributed by atoms with van der Waals surface area (Å²) in [5.41, 5.74) is 0.602. The largest absolute Gasteiger partial charge is 0.496 e. The summed E-state index contributed by atoms with van der Waals surface area (Å²) in [6, 6.07) is 2.92. The maximum absolute atomic E-state index is 14.0. The van der Waals surface area contributed by atoms with Crippen LogP contribution < -0.4 is 15.8 Å². The third-order valence-corrected chi connectivity index (χ3v) is 5.97. The number of hydrogen-bond donors (Lipinski definition) is 2. The van der Waals surface area contributed by atoms with Gasteiger partial charge in [-0.3, -0.25) is 19.6 Å². The Bertz CT molecular complexity index is 1140. The van der Waals surface area contributed by atoms with Gasteiger partial charge < -0.3 is 20.5 Å². The molecule has 0 aromatic carbocycles. The number of ether oxygens (including phenoxy) is 2. The third-order valence-electron chi connectivity index (χ3n) is 5.97. The average Bonchev–Trinajstić information content (AvgIpc) is 3.04. The quantitative estimate of drug-likeness (QED) is 0.598. The van der Waals surface area contributed by atoms with Gasteiger partial charge in [0.1, 0.15) is 23.2 Å². The molecule has 2 amide bonds. The summed E-state index contributed by atoms with van der Waals surface area (Å²) in [5, 5.41) is 2.34. The number of carbonyl (C=O) groups is 2. The van der Waals surface area contributed by atoms with Crippen LogP contribution in [-0.2, 0) is 15.7 Å². The van der Waals surface area contributed by atoms with E-state index in [9.17, 15) is 35.9 Å². The number of anilines is 1. The fraction of sp³-hybridized carbons (Fsp3) is 0.429. The highest BCUT2D eigenvalue weighted by Crippen LogP contribution is 2.54. The van der Waals surface area contributed by atoms with Crippen LogP contribution in [0, 0.1) is 5.92 Å². The van der Waals surface area contributed by atoms with E-state index in [0.717, 1.165) is 32.5 Å². The number of nitrogens with one attached hydrogen (secondary N) is 1. The maximum atomic E-state index is 14.0. The minimum Gasteiger partial charge on any atom is -0.496 e. The van der Waals surface area contributed by atoms with Crippen molar-refractivity contribution in [2.45, 2.75) is 43.8 Å². The van der Waals surface area contributed by atoms with Gasteiger partial charge in [-0.2, -0.15) is 26.3 Å². The van der Waals surface area contributed by atoms with Gasteiger partial charge in [-0.1, -0.05) is 6.92 Å². The van der Waals surface area contributed by atoms with Crippen molar-refractivity contribution in [2.75, 3.05) is 12.4 Å². The van der Waals surface area contributed by atoms with Crippen LogP contribution in [0.2, 0.25) is 0 Å². The van der Waals surface area contributed by atoms with Crippen LogP contribution in [0.25, 0.3) is 0 Å². The van der Waals surface area contributed by atoms with E-state index >= 15 is 0 Å². The highest BCUT2D eigenvalue weighted by atomic mass is 19.4. The molecule has 0 spiro atoms. The lowest BCUT2D eigenvalue weighted by molar-refractivity contribution is -0.272. The number of carbonyl (C=O) groups excluding carboxylic acids is 2. The summed E-state index contributed by atoms with van der Waals surface area (Å²) in [6.07, 6.45) is -9.70. The van der Waals surface area contributed by atoms with Gasteiger partial charge in [-0.15, -0.1) is 0 Å². The van der Waals surface area contributed by atoms with E-state index in [1.54, 1.807) is 0 Å². The number of rotatable bonds is 5. The summed E-state index contributed by atoms with van der Waals surface area (Å²) >= 11 is 0. The van der Waals surface area contributed by atoms with Crippen LogP contribution >= 0.6 is 0 Å². The summed E-state index contributed by atoms with van der Waals surface area (Å²) in [7, 11) is 1.04. The molecule has 35 heavy (non-hydrogen) atoms. The third kappa shape index (κ3) is 4.88. The standard InChI is InChI=1S/C21H20F6N4O4/c1-9-15(11-8-30-14(20(22,23)24)7-13(11)34-3)16(35-19(9,2)21(25,26)27)18(33)31-10-4-5-29-12(6-10)17(28)32/h4-9,15-16H,1-3H3,(H2,28,32)(H,29,31,33)/t9-,15+,16+,19+/m0/s1. The topological polar surface area (TPSA) is 116 Å². The number of nitrogens with two attached hydrogens (primary N) is 1. The molecule has 8 nitrogen and oxygen atoms in total. The number of methoxy groups -OCH3 is 1. The Labute approximate surface area is 194 Å². The Kier molecular flexibility index (Phi) is 6.72. The maximum Gasteiger partial charge on any atom is 0.433 e. The van der Waals surface area contributed by atoms with Gasteiger partial charge >= 0.3 is 12.4 Å². The van der Waals surface area contributed by atoms with Gasteiger partial charge in [0.15, 0.2) is 5.60 Å². The smallest absolute Gasteiger partial charge is 0.433 e. The highest BCUT2D eigenvalue weighted by molar-refractivity contribution is 5.97. The Morgan fingerprint density at radius 3 is 2.37 bits per heavy atom. The van der Waals surface area contributed by atoms with Crippen molar-refractivity contribution in [1.82, 2.24) is 9.97 Å². The van der Waals surface area contributed by atoms with Crippen molar-refractivity contribution in [3.8, 4) is 5.75 Å². The predicted octanol–water partition coefficient (Wildman–Crippen LogP) is 3.68. The molecule has 190 valence electrons. The molecule has 3 heterocycles. The number of pyridine rings is 2. The number of amides is 2.